The Morgan fingerprint density at radius 1 is 1.45 bits per heavy atom. The quantitative estimate of drug-likeness (QED) is 0.668. The van der Waals surface area contributed by atoms with Crippen LogP contribution in [0.2, 0.25) is 0 Å². The minimum atomic E-state index is 0.457. The molecule has 1 aromatic rings. The Kier molecular flexibility index (Phi) is 3.20. The van der Waals surface area contributed by atoms with E-state index in [0.717, 1.165) is 4.47 Å². The van der Waals surface area contributed by atoms with Gasteiger partial charge in [-0.05, 0) is 34.1 Å². The maximum absolute atomic E-state index is 5.63. The molecule has 0 atom stereocenters. The van der Waals surface area contributed by atoms with Crippen LogP contribution in [0.25, 0.3) is 0 Å². The molecule has 1 aromatic carbocycles. The monoisotopic (exact) mass is 279 g/mol. The Hall–Kier alpha value is -0.220. The van der Waals surface area contributed by atoms with Crippen molar-refractivity contribution in [2.75, 3.05) is 11.2 Å². The Morgan fingerprint density at radius 2 is 2.18 bits per heavy atom. The van der Waals surface area contributed by atoms with Crippen LogP contribution >= 0.6 is 31.9 Å². The van der Waals surface area contributed by atoms with E-state index in [1.54, 1.807) is 6.07 Å². The van der Waals surface area contributed by atoms with Crippen molar-refractivity contribution in [2.24, 2.45) is 0 Å². The predicted octanol–water partition coefficient (Wildman–Crippen LogP) is 2.76. The van der Waals surface area contributed by atoms with Crippen molar-refractivity contribution in [3.63, 3.8) is 0 Å². The van der Waals surface area contributed by atoms with Crippen molar-refractivity contribution in [1.82, 2.24) is 0 Å². The molecule has 1 rings (SSSR count). The van der Waals surface area contributed by atoms with Gasteiger partial charge in [-0.15, -0.1) is 0 Å². The molecule has 0 aliphatic rings. The van der Waals surface area contributed by atoms with Gasteiger partial charge in [0.15, 0.2) is 0 Å². The van der Waals surface area contributed by atoms with E-state index in [-0.39, 0.29) is 0 Å². The zero-order valence-corrected chi connectivity index (χ0v) is 8.85. The van der Waals surface area contributed by atoms with Crippen LogP contribution in [0.4, 0.5) is 5.69 Å². The summed E-state index contributed by atoms with van der Waals surface area (Å²) in [6.07, 6.45) is 0. The Morgan fingerprint density at radius 3 is 2.73 bits per heavy atom. The third-order valence-corrected chi connectivity index (χ3v) is 1.90. The summed E-state index contributed by atoms with van der Waals surface area (Å²) in [6.45, 7) is 0. The molecule has 2 nitrogen and oxygen atoms in total. The Bertz CT molecular complexity index is 252. The maximum Gasteiger partial charge on any atom is 0.143 e. The van der Waals surface area contributed by atoms with E-state index in [9.17, 15) is 0 Å². The van der Waals surface area contributed by atoms with E-state index < -0.39 is 0 Å². The second kappa shape index (κ2) is 3.97. The Balaban J connectivity index is 2.90. The van der Waals surface area contributed by atoms with Gasteiger partial charge >= 0.3 is 0 Å². The molecular weight excluding hydrogens is 274 g/mol. The van der Waals surface area contributed by atoms with Gasteiger partial charge in [0, 0.05) is 4.47 Å². The van der Waals surface area contributed by atoms with Crippen LogP contribution in [-0.4, -0.2) is 5.52 Å². The molecule has 0 aliphatic carbocycles. The topological polar surface area (TPSA) is 35.2 Å². The highest BCUT2D eigenvalue weighted by Crippen LogP contribution is 2.25. The van der Waals surface area contributed by atoms with Crippen molar-refractivity contribution < 1.29 is 4.74 Å². The minimum absolute atomic E-state index is 0.457. The normalized spacial score (nSPS) is 9.64. The lowest BCUT2D eigenvalue weighted by atomic mass is 10.3. The molecule has 0 spiro atoms. The number of hydrogen-bond donors (Lipinski definition) is 1. The lowest BCUT2D eigenvalue weighted by Gasteiger charge is -2.04. The highest BCUT2D eigenvalue weighted by molar-refractivity contribution is 9.10. The van der Waals surface area contributed by atoms with Gasteiger partial charge in [0.1, 0.15) is 11.3 Å². The molecule has 0 radical (unpaired) electrons. The van der Waals surface area contributed by atoms with Gasteiger partial charge in [-0.1, -0.05) is 15.9 Å². The van der Waals surface area contributed by atoms with Crippen LogP contribution in [0.15, 0.2) is 22.7 Å². The van der Waals surface area contributed by atoms with Gasteiger partial charge in [0.05, 0.1) is 5.69 Å². The molecule has 0 amide bonds. The summed E-state index contributed by atoms with van der Waals surface area (Å²) in [5, 5.41) is 0. The highest BCUT2D eigenvalue weighted by atomic mass is 79.9. The summed E-state index contributed by atoms with van der Waals surface area (Å²) >= 11 is 6.45. The summed E-state index contributed by atoms with van der Waals surface area (Å²) in [4.78, 5) is 0. The summed E-state index contributed by atoms with van der Waals surface area (Å²) < 4.78 is 6.12. The van der Waals surface area contributed by atoms with Gasteiger partial charge in [-0.3, -0.25) is 0 Å². The lowest BCUT2D eigenvalue weighted by molar-refractivity contribution is 0.400. The first-order chi connectivity index (χ1) is 5.24. The molecule has 0 bridgehead atoms. The number of benzene rings is 1. The standard InChI is InChI=1S/C7H7Br2NO/c8-4-11-7-2-1-5(9)3-6(7)10/h1-3H,4,10H2. The summed E-state index contributed by atoms with van der Waals surface area (Å²) in [7, 11) is 0. The van der Waals surface area contributed by atoms with Crippen LogP contribution < -0.4 is 10.5 Å². The molecule has 4 heteroatoms. The highest BCUT2D eigenvalue weighted by Gasteiger charge is 1.98. The van der Waals surface area contributed by atoms with Crippen molar-refractivity contribution in [3.05, 3.63) is 22.7 Å². The molecular formula is C7H7Br2NO. The van der Waals surface area contributed by atoms with Crippen molar-refractivity contribution >= 4 is 37.5 Å². The second-order valence-corrected chi connectivity index (χ2v) is 3.31. The van der Waals surface area contributed by atoms with E-state index in [0.29, 0.717) is 17.0 Å². The average molecular weight is 281 g/mol. The zero-order valence-electron chi connectivity index (χ0n) is 5.68. The third-order valence-electron chi connectivity index (χ3n) is 1.18. The van der Waals surface area contributed by atoms with Crippen LogP contribution in [0.1, 0.15) is 0 Å². The molecule has 0 saturated heterocycles. The lowest BCUT2D eigenvalue weighted by Crippen LogP contribution is -1.94. The number of rotatable bonds is 2. The van der Waals surface area contributed by atoms with Crippen molar-refractivity contribution in [1.29, 1.82) is 0 Å². The summed E-state index contributed by atoms with van der Waals surface area (Å²) in [6, 6.07) is 5.51. The molecule has 0 unspecified atom stereocenters. The van der Waals surface area contributed by atoms with Gasteiger partial charge in [-0.2, -0.15) is 0 Å². The van der Waals surface area contributed by atoms with Gasteiger partial charge in [0.2, 0.25) is 0 Å². The number of hydrogen-bond acceptors (Lipinski definition) is 2. The molecule has 60 valence electrons. The van der Waals surface area contributed by atoms with Crippen molar-refractivity contribution in [2.45, 2.75) is 0 Å². The summed E-state index contributed by atoms with van der Waals surface area (Å²) in [5.41, 5.74) is 6.73. The van der Waals surface area contributed by atoms with E-state index in [1.807, 2.05) is 12.1 Å². The van der Waals surface area contributed by atoms with Crippen LogP contribution in [-0.2, 0) is 0 Å². The second-order valence-electron chi connectivity index (χ2n) is 1.94. The van der Waals surface area contributed by atoms with Crippen molar-refractivity contribution in [3.8, 4) is 5.75 Å². The number of ether oxygens (including phenoxy) is 1. The molecule has 0 heterocycles. The van der Waals surface area contributed by atoms with E-state index >= 15 is 0 Å². The van der Waals surface area contributed by atoms with Crippen LogP contribution in [0, 0.1) is 0 Å². The van der Waals surface area contributed by atoms with Gasteiger partial charge in [0.25, 0.3) is 0 Å². The predicted molar refractivity (Wildman–Crippen MR) is 53.0 cm³/mol. The SMILES string of the molecule is Nc1cc(Br)ccc1OCBr. The molecule has 2 N–H and O–H groups in total. The van der Waals surface area contributed by atoms with E-state index in [4.69, 9.17) is 10.5 Å². The third kappa shape index (κ3) is 2.38. The molecule has 0 fully saturated rings. The largest absolute Gasteiger partial charge is 0.480 e. The number of anilines is 1. The minimum Gasteiger partial charge on any atom is -0.480 e. The molecule has 11 heavy (non-hydrogen) atoms. The maximum atomic E-state index is 5.63. The van der Waals surface area contributed by atoms with Gasteiger partial charge in [-0.25, -0.2) is 0 Å². The van der Waals surface area contributed by atoms with E-state index in [1.165, 1.54) is 0 Å². The average Bonchev–Trinajstić information content (AvgIpc) is 1.95. The first-order valence-corrected chi connectivity index (χ1v) is 4.89. The fraction of sp³-hybridized carbons (Fsp3) is 0.143. The molecule has 0 aromatic heterocycles. The smallest absolute Gasteiger partial charge is 0.143 e. The van der Waals surface area contributed by atoms with E-state index in [2.05, 4.69) is 31.9 Å². The number of halogens is 2. The van der Waals surface area contributed by atoms with Crippen LogP contribution in [0.5, 0.6) is 5.75 Å². The zero-order chi connectivity index (χ0) is 8.27. The van der Waals surface area contributed by atoms with Gasteiger partial charge < -0.3 is 10.5 Å². The fourth-order valence-corrected chi connectivity index (χ4v) is 1.33. The molecule has 0 aliphatic heterocycles. The number of nitrogen functional groups attached to an aromatic ring is 1. The summed E-state index contributed by atoms with van der Waals surface area (Å²) in [5.74, 6) is 0.699. The van der Waals surface area contributed by atoms with Crippen LogP contribution in [0.3, 0.4) is 0 Å². The first kappa shape index (κ1) is 8.87. The number of alkyl halides is 1. The fourth-order valence-electron chi connectivity index (χ4n) is 0.710. The Labute approximate surface area is 82.0 Å². The number of nitrogens with two attached hydrogens (primary N) is 1. The molecule has 0 saturated carbocycles. The first-order valence-electron chi connectivity index (χ1n) is 2.98.